The summed E-state index contributed by atoms with van der Waals surface area (Å²) in [5.74, 6) is 0.799. The number of aromatic hydroxyl groups is 1. The van der Waals surface area contributed by atoms with Gasteiger partial charge >= 0.3 is 0 Å². The quantitative estimate of drug-likeness (QED) is 0.628. The summed E-state index contributed by atoms with van der Waals surface area (Å²) in [5.41, 5.74) is 2.33. The molecule has 0 spiro atoms. The molecule has 0 radical (unpaired) electrons. The van der Waals surface area contributed by atoms with E-state index in [0.29, 0.717) is 11.5 Å². The third-order valence-corrected chi connectivity index (χ3v) is 2.53. The maximum Gasteiger partial charge on any atom is 0.205 e. The fraction of sp³-hybridized carbons (Fsp3) is 0. The number of phenols is 1. The normalized spacial score (nSPS) is 10.6. The molecule has 0 atom stereocenters. The molecule has 17 heavy (non-hydrogen) atoms. The van der Waals surface area contributed by atoms with E-state index in [9.17, 15) is 5.11 Å². The Labute approximate surface area is 97.9 Å². The molecule has 0 bridgehead atoms. The number of hydrogen-bond acceptors (Lipinski definition) is 3. The Morgan fingerprint density at radius 1 is 1.00 bits per heavy atom. The highest BCUT2D eigenvalue weighted by Crippen LogP contribution is 2.24. The van der Waals surface area contributed by atoms with Crippen LogP contribution in [0.15, 0.2) is 48.5 Å². The number of H-pyrrole nitrogens is 1. The first kappa shape index (κ1) is 9.72. The Hall–Kier alpha value is -2.49. The van der Waals surface area contributed by atoms with E-state index in [1.807, 2.05) is 36.4 Å². The third kappa shape index (κ3) is 1.80. The minimum Gasteiger partial charge on any atom is -0.506 e. The first-order chi connectivity index (χ1) is 8.33. The van der Waals surface area contributed by atoms with E-state index in [2.05, 4.69) is 15.3 Å². The number of benzene rings is 2. The summed E-state index contributed by atoms with van der Waals surface area (Å²) in [6.07, 6.45) is 0. The van der Waals surface area contributed by atoms with Gasteiger partial charge in [-0.25, -0.2) is 4.98 Å². The number of fused-ring (bicyclic) bond motifs is 1. The molecule has 3 aromatic rings. The molecule has 1 aromatic heterocycles. The molecule has 1 heterocycles. The molecule has 2 aromatic carbocycles. The number of aromatic amines is 1. The standard InChI is InChI=1S/C13H11N3O/c17-11-8-4-7-10-12(11)16-13(15-10)14-9-5-2-1-3-6-9/h1-8,17H,(H2,14,15,16). The summed E-state index contributed by atoms with van der Waals surface area (Å²) < 4.78 is 0. The van der Waals surface area contributed by atoms with Crippen LogP contribution in [0.25, 0.3) is 11.0 Å². The van der Waals surface area contributed by atoms with Gasteiger partial charge in [-0.2, -0.15) is 0 Å². The number of rotatable bonds is 2. The molecule has 0 aliphatic heterocycles. The van der Waals surface area contributed by atoms with Crippen molar-refractivity contribution in [3.63, 3.8) is 0 Å². The van der Waals surface area contributed by atoms with Crippen LogP contribution in [0, 0.1) is 0 Å². The van der Waals surface area contributed by atoms with Gasteiger partial charge in [0.05, 0.1) is 5.52 Å². The van der Waals surface area contributed by atoms with Crippen molar-refractivity contribution in [3.05, 3.63) is 48.5 Å². The number of para-hydroxylation sites is 2. The zero-order valence-electron chi connectivity index (χ0n) is 9.01. The van der Waals surface area contributed by atoms with Crippen LogP contribution < -0.4 is 5.32 Å². The van der Waals surface area contributed by atoms with Crippen LogP contribution in [0.5, 0.6) is 5.75 Å². The van der Waals surface area contributed by atoms with E-state index in [-0.39, 0.29) is 5.75 Å². The van der Waals surface area contributed by atoms with E-state index in [0.717, 1.165) is 11.2 Å². The maximum absolute atomic E-state index is 9.64. The molecule has 4 heteroatoms. The Morgan fingerprint density at radius 2 is 1.82 bits per heavy atom. The first-order valence-corrected chi connectivity index (χ1v) is 5.33. The van der Waals surface area contributed by atoms with E-state index < -0.39 is 0 Å². The number of imidazole rings is 1. The van der Waals surface area contributed by atoms with Crippen molar-refractivity contribution in [1.29, 1.82) is 0 Å². The van der Waals surface area contributed by atoms with Gasteiger partial charge in [-0.05, 0) is 24.3 Å². The topological polar surface area (TPSA) is 60.9 Å². The highest BCUT2D eigenvalue weighted by atomic mass is 16.3. The molecule has 0 aliphatic rings. The van der Waals surface area contributed by atoms with Crippen LogP contribution in [0.4, 0.5) is 11.6 Å². The molecule has 0 aliphatic carbocycles. The lowest BCUT2D eigenvalue weighted by molar-refractivity contribution is 0.480. The summed E-state index contributed by atoms with van der Waals surface area (Å²) in [7, 11) is 0. The van der Waals surface area contributed by atoms with Gasteiger partial charge in [0.2, 0.25) is 5.95 Å². The fourth-order valence-corrected chi connectivity index (χ4v) is 1.73. The van der Waals surface area contributed by atoms with Crippen LogP contribution in [0.1, 0.15) is 0 Å². The summed E-state index contributed by atoms with van der Waals surface area (Å²) in [4.78, 5) is 7.39. The molecule has 0 amide bonds. The first-order valence-electron chi connectivity index (χ1n) is 5.33. The van der Waals surface area contributed by atoms with E-state index in [1.165, 1.54) is 0 Å². The molecule has 4 nitrogen and oxygen atoms in total. The Morgan fingerprint density at radius 3 is 2.59 bits per heavy atom. The van der Waals surface area contributed by atoms with Crippen LogP contribution in [0.3, 0.4) is 0 Å². The van der Waals surface area contributed by atoms with Crippen molar-refractivity contribution >= 4 is 22.7 Å². The number of aromatic nitrogens is 2. The molecular formula is C13H11N3O. The van der Waals surface area contributed by atoms with Gasteiger partial charge in [0.15, 0.2) is 0 Å². The van der Waals surface area contributed by atoms with E-state index >= 15 is 0 Å². The van der Waals surface area contributed by atoms with Crippen LogP contribution in [-0.2, 0) is 0 Å². The molecule has 0 saturated heterocycles. The van der Waals surface area contributed by atoms with Crippen molar-refractivity contribution in [2.24, 2.45) is 0 Å². The molecule has 0 unspecified atom stereocenters. The largest absolute Gasteiger partial charge is 0.506 e. The predicted octanol–water partition coefficient (Wildman–Crippen LogP) is 3.01. The van der Waals surface area contributed by atoms with Crippen molar-refractivity contribution in [1.82, 2.24) is 9.97 Å². The zero-order valence-corrected chi connectivity index (χ0v) is 9.01. The minimum absolute atomic E-state index is 0.180. The van der Waals surface area contributed by atoms with Crippen molar-refractivity contribution in [2.45, 2.75) is 0 Å². The van der Waals surface area contributed by atoms with Gasteiger partial charge in [-0.1, -0.05) is 24.3 Å². The average Bonchev–Trinajstić information content (AvgIpc) is 2.74. The van der Waals surface area contributed by atoms with Gasteiger partial charge in [0.1, 0.15) is 11.3 Å². The van der Waals surface area contributed by atoms with Gasteiger partial charge in [0.25, 0.3) is 0 Å². The number of nitrogens with one attached hydrogen (secondary N) is 2. The SMILES string of the molecule is Oc1cccc2[nH]c(Nc3ccccc3)nc12. The van der Waals surface area contributed by atoms with Crippen LogP contribution >= 0.6 is 0 Å². The second-order valence-electron chi connectivity index (χ2n) is 3.75. The lowest BCUT2D eigenvalue weighted by Crippen LogP contribution is -1.90. The Balaban J connectivity index is 1.99. The molecule has 0 saturated carbocycles. The highest BCUT2D eigenvalue weighted by Gasteiger charge is 2.05. The lowest BCUT2D eigenvalue weighted by Gasteiger charge is -2.00. The summed E-state index contributed by atoms with van der Waals surface area (Å²) in [6, 6.07) is 15.0. The van der Waals surface area contributed by atoms with Crippen molar-refractivity contribution in [2.75, 3.05) is 5.32 Å². The Bertz CT molecular complexity index is 646. The monoisotopic (exact) mass is 225 g/mol. The smallest absolute Gasteiger partial charge is 0.205 e. The Kier molecular flexibility index (Phi) is 2.19. The van der Waals surface area contributed by atoms with Gasteiger partial charge in [-0.15, -0.1) is 0 Å². The van der Waals surface area contributed by atoms with Crippen LogP contribution in [0.2, 0.25) is 0 Å². The summed E-state index contributed by atoms with van der Waals surface area (Å²) in [5, 5.41) is 12.8. The lowest BCUT2D eigenvalue weighted by atomic mass is 10.3. The second kappa shape index (κ2) is 3.83. The fourth-order valence-electron chi connectivity index (χ4n) is 1.73. The van der Waals surface area contributed by atoms with Gasteiger partial charge < -0.3 is 15.4 Å². The number of anilines is 2. The minimum atomic E-state index is 0.180. The highest BCUT2D eigenvalue weighted by molar-refractivity contribution is 5.83. The number of phenolic OH excluding ortho intramolecular Hbond substituents is 1. The van der Waals surface area contributed by atoms with Crippen molar-refractivity contribution in [3.8, 4) is 5.75 Å². The summed E-state index contributed by atoms with van der Waals surface area (Å²) >= 11 is 0. The van der Waals surface area contributed by atoms with Crippen LogP contribution in [-0.4, -0.2) is 15.1 Å². The number of hydrogen-bond donors (Lipinski definition) is 3. The van der Waals surface area contributed by atoms with Crippen molar-refractivity contribution < 1.29 is 5.11 Å². The molecule has 0 fully saturated rings. The molecular weight excluding hydrogens is 214 g/mol. The zero-order chi connectivity index (χ0) is 11.7. The second-order valence-corrected chi connectivity index (χ2v) is 3.75. The van der Waals surface area contributed by atoms with Gasteiger partial charge in [-0.3, -0.25) is 0 Å². The summed E-state index contributed by atoms with van der Waals surface area (Å²) in [6.45, 7) is 0. The van der Waals surface area contributed by atoms with E-state index in [4.69, 9.17) is 0 Å². The number of nitrogens with zero attached hydrogens (tertiary/aromatic N) is 1. The average molecular weight is 225 g/mol. The maximum atomic E-state index is 9.64. The molecule has 84 valence electrons. The van der Waals surface area contributed by atoms with E-state index in [1.54, 1.807) is 12.1 Å². The molecule has 3 rings (SSSR count). The predicted molar refractivity (Wildman–Crippen MR) is 67.5 cm³/mol. The third-order valence-electron chi connectivity index (χ3n) is 2.53. The van der Waals surface area contributed by atoms with Gasteiger partial charge in [0, 0.05) is 5.69 Å². The molecule has 3 N–H and O–H groups in total.